The van der Waals surface area contributed by atoms with Gasteiger partial charge >= 0.3 is 5.97 Å². The van der Waals surface area contributed by atoms with Crippen LogP contribution in [0.2, 0.25) is 0 Å². The monoisotopic (exact) mass is 348 g/mol. The lowest BCUT2D eigenvalue weighted by Gasteiger charge is -2.08. The third kappa shape index (κ3) is 4.90. The SMILES string of the molecule is CCCCOc1cccc(C(=O)Oc2ccc(Br)cc2)c1. The molecule has 0 spiro atoms. The van der Waals surface area contributed by atoms with Gasteiger partial charge in [-0.2, -0.15) is 0 Å². The van der Waals surface area contributed by atoms with E-state index in [2.05, 4.69) is 22.9 Å². The molecular weight excluding hydrogens is 332 g/mol. The molecule has 0 amide bonds. The fraction of sp³-hybridized carbons (Fsp3) is 0.235. The maximum absolute atomic E-state index is 12.1. The van der Waals surface area contributed by atoms with Crippen molar-refractivity contribution >= 4 is 21.9 Å². The van der Waals surface area contributed by atoms with Crippen molar-refractivity contribution in [1.29, 1.82) is 0 Å². The maximum Gasteiger partial charge on any atom is 0.343 e. The minimum atomic E-state index is -0.390. The molecule has 2 aromatic carbocycles. The van der Waals surface area contributed by atoms with Crippen LogP contribution in [0.5, 0.6) is 11.5 Å². The zero-order chi connectivity index (χ0) is 15.1. The van der Waals surface area contributed by atoms with Gasteiger partial charge < -0.3 is 9.47 Å². The first-order valence-corrected chi connectivity index (χ1v) is 7.69. The van der Waals surface area contributed by atoms with Gasteiger partial charge in [-0.25, -0.2) is 4.79 Å². The van der Waals surface area contributed by atoms with E-state index < -0.39 is 5.97 Å². The topological polar surface area (TPSA) is 35.5 Å². The number of carbonyl (C=O) groups is 1. The second-order valence-corrected chi connectivity index (χ2v) is 5.49. The molecule has 0 N–H and O–H groups in total. The summed E-state index contributed by atoms with van der Waals surface area (Å²) >= 11 is 3.34. The van der Waals surface area contributed by atoms with Crippen molar-refractivity contribution in [3.63, 3.8) is 0 Å². The molecule has 0 saturated heterocycles. The summed E-state index contributed by atoms with van der Waals surface area (Å²) < 4.78 is 11.8. The quantitative estimate of drug-likeness (QED) is 0.425. The van der Waals surface area contributed by atoms with Gasteiger partial charge in [0.1, 0.15) is 11.5 Å². The average Bonchev–Trinajstić information content (AvgIpc) is 2.50. The average molecular weight is 349 g/mol. The van der Waals surface area contributed by atoms with Crippen LogP contribution >= 0.6 is 15.9 Å². The number of carbonyl (C=O) groups excluding carboxylic acids is 1. The molecule has 0 aliphatic heterocycles. The van der Waals surface area contributed by atoms with E-state index in [4.69, 9.17) is 9.47 Å². The Labute approximate surface area is 133 Å². The number of ether oxygens (including phenoxy) is 2. The largest absolute Gasteiger partial charge is 0.494 e. The van der Waals surface area contributed by atoms with Crippen LogP contribution < -0.4 is 9.47 Å². The molecule has 0 unspecified atom stereocenters. The van der Waals surface area contributed by atoms with Crippen molar-refractivity contribution in [3.05, 3.63) is 58.6 Å². The Morgan fingerprint density at radius 2 is 1.86 bits per heavy atom. The second-order valence-electron chi connectivity index (χ2n) is 4.57. The van der Waals surface area contributed by atoms with Gasteiger partial charge in [0.15, 0.2) is 0 Å². The van der Waals surface area contributed by atoms with Crippen LogP contribution in [-0.2, 0) is 0 Å². The van der Waals surface area contributed by atoms with Crippen LogP contribution in [0, 0.1) is 0 Å². The molecule has 110 valence electrons. The maximum atomic E-state index is 12.1. The predicted octanol–water partition coefficient (Wildman–Crippen LogP) is 4.85. The van der Waals surface area contributed by atoms with Crippen LogP contribution in [0.25, 0.3) is 0 Å². The van der Waals surface area contributed by atoms with Crippen molar-refractivity contribution in [2.75, 3.05) is 6.61 Å². The molecule has 0 fully saturated rings. The Morgan fingerprint density at radius 1 is 1.10 bits per heavy atom. The highest BCUT2D eigenvalue weighted by atomic mass is 79.9. The molecule has 0 bridgehead atoms. The standard InChI is InChI=1S/C17H17BrO3/c1-2-3-11-20-16-6-4-5-13(12-16)17(19)21-15-9-7-14(18)8-10-15/h4-10,12H,2-3,11H2,1H3. The third-order valence-corrected chi connectivity index (χ3v) is 3.39. The number of hydrogen-bond donors (Lipinski definition) is 0. The van der Waals surface area contributed by atoms with Crippen LogP contribution in [0.15, 0.2) is 53.0 Å². The third-order valence-electron chi connectivity index (χ3n) is 2.86. The van der Waals surface area contributed by atoms with E-state index in [0.717, 1.165) is 17.3 Å². The first-order valence-electron chi connectivity index (χ1n) is 6.89. The van der Waals surface area contributed by atoms with Gasteiger partial charge in [0, 0.05) is 4.47 Å². The molecule has 0 radical (unpaired) electrons. The van der Waals surface area contributed by atoms with E-state index in [-0.39, 0.29) is 0 Å². The van der Waals surface area contributed by atoms with Crippen molar-refractivity contribution < 1.29 is 14.3 Å². The van der Waals surface area contributed by atoms with Crippen LogP contribution in [-0.4, -0.2) is 12.6 Å². The summed E-state index contributed by atoms with van der Waals surface area (Å²) in [7, 11) is 0. The number of rotatable bonds is 6. The fourth-order valence-electron chi connectivity index (χ4n) is 1.72. The van der Waals surface area contributed by atoms with Gasteiger partial charge in [0.2, 0.25) is 0 Å². The van der Waals surface area contributed by atoms with Gasteiger partial charge in [-0.05, 0) is 48.9 Å². The molecule has 4 heteroatoms. The summed E-state index contributed by atoms with van der Waals surface area (Å²) in [6.45, 7) is 2.76. The van der Waals surface area contributed by atoms with Crippen LogP contribution in [0.1, 0.15) is 30.1 Å². The Balaban J connectivity index is 2.01. The zero-order valence-corrected chi connectivity index (χ0v) is 13.4. The van der Waals surface area contributed by atoms with Crippen molar-refractivity contribution in [3.8, 4) is 11.5 Å². The first-order chi connectivity index (χ1) is 10.2. The summed E-state index contributed by atoms with van der Waals surface area (Å²) in [6, 6.07) is 14.2. The van der Waals surface area contributed by atoms with E-state index in [9.17, 15) is 4.79 Å². The Bertz CT molecular complexity index is 593. The summed E-state index contributed by atoms with van der Waals surface area (Å²) in [6.07, 6.45) is 2.07. The highest BCUT2D eigenvalue weighted by Crippen LogP contribution is 2.19. The Hall–Kier alpha value is -1.81. The first kappa shape index (κ1) is 15.6. The van der Waals surface area contributed by atoms with Gasteiger partial charge in [0.25, 0.3) is 0 Å². The smallest absolute Gasteiger partial charge is 0.343 e. The molecule has 21 heavy (non-hydrogen) atoms. The molecule has 0 aromatic heterocycles. The van der Waals surface area contributed by atoms with E-state index in [1.165, 1.54) is 0 Å². The minimum Gasteiger partial charge on any atom is -0.494 e. The zero-order valence-electron chi connectivity index (χ0n) is 11.8. The molecule has 3 nitrogen and oxygen atoms in total. The molecule has 0 atom stereocenters. The highest BCUT2D eigenvalue weighted by Gasteiger charge is 2.09. The Morgan fingerprint density at radius 3 is 2.57 bits per heavy atom. The van der Waals surface area contributed by atoms with Crippen molar-refractivity contribution in [2.45, 2.75) is 19.8 Å². The molecule has 0 heterocycles. The number of halogens is 1. The van der Waals surface area contributed by atoms with Gasteiger partial charge in [-0.3, -0.25) is 0 Å². The van der Waals surface area contributed by atoms with Crippen LogP contribution in [0.3, 0.4) is 0 Å². The summed E-state index contributed by atoms with van der Waals surface area (Å²) in [5, 5.41) is 0. The van der Waals surface area contributed by atoms with E-state index in [1.807, 2.05) is 18.2 Å². The van der Waals surface area contributed by atoms with E-state index in [0.29, 0.717) is 23.7 Å². The second kappa shape index (κ2) is 7.84. The fourth-order valence-corrected chi connectivity index (χ4v) is 1.98. The lowest BCUT2D eigenvalue weighted by atomic mass is 10.2. The summed E-state index contributed by atoms with van der Waals surface area (Å²) in [5.74, 6) is 0.812. The molecule has 2 rings (SSSR count). The molecular formula is C17H17BrO3. The van der Waals surface area contributed by atoms with Crippen LogP contribution in [0.4, 0.5) is 0 Å². The van der Waals surface area contributed by atoms with Crippen molar-refractivity contribution in [2.24, 2.45) is 0 Å². The molecule has 0 aliphatic rings. The number of hydrogen-bond acceptors (Lipinski definition) is 3. The molecule has 0 saturated carbocycles. The summed E-state index contributed by atoms with van der Waals surface area (Å²) in [5.41, 5.74) is 0.479. The molecule has 0 aliphatic carbocycles. The minimum absolute atomic E-state index is 0.390. The number of esters is 1. The van der Waals surface area contributed by atoms with E-state index in [1.54, 1.807) is 30.3 Å². The number of unbranched alkanes of at least 4 members (excludes halogenated alkanes) is 1. The molecule has 2 aromatic rings. The lowest BCUT2D eigenvalue weighted by Crippen LogP contribution is -2.08. The Kier molecular flexibility index (Phi) is 5.81. The van der Waals surface area contributed by atoms with Gasteiger partial charge in [0.05, 0.1) is 12.2 Å². The van der Waals surface area contributed by atoms with E-state index >= 15 is 0 Å². The lowest BCUT2D eigenvalue weighted by molar-refractivity contribution is 0.0734. The highest BCUT2D eigenvalue weighted by molar-refractivity contribution is 9.10. The van der Waals surface area contributed by atoms with Gasteiger partial charge in [-0.1, -0.05) is 35.3 Å². The number of benzene rings is 2. The van der Waals surface area contributed by atoms with Crippen molar-refractivity contribution in [1.82, 2.24) is 0 Å². The predicted molar refractivity (Wildman–Crippen MR) is 85.9 cm³/mol. The summed E-state index contributed by atoms with van der Waals surface area (Å²) in [4.78, 5) is 12.1. The normalized spacial score (nSPS) is 10.2. The van der Waals surface area contributed by atoms with Gasteiger partial charge in [-0.15, -0.1) is 0 Å².